The highest BCUT2D eigenvalue weighted by atomic mass is 32.2. The topological polar surface area (TPSA) is 56.0 Å². The first-order valence-electron chi connectivity index (χ1n) is 10.5. The third kappa shape index (κ3) is 3.12. The van der Waals surface area contributed by atoms with Crippen molar-refractivity contribution in [3.05, 3.63) is 40.8 Å². The van der Waals surface area contributed by atoms with Gasteiger partial charge in [-0.3, -0.25) is 4.79 Å². The highest BCUT2D eigenvalue weighted by Gasteiger charge is 2.54. The molecule has 0 spiro atoms. The van der Waals surface area contributed by atoms with Gasteiger partial charge in [-0.1, -0.05) is 23.9 Å². The van der Waals surface area contributed by atoms with E-state index in [1.54, 1.807) is 0 Å². The summed E-state index contributed by atoms with van der Waals surface area (Å²) in [5, 5.41) is 9.08. The molecule has 4 nitrogen and oxygen atoms in total. The van der Waals surface area contributed by atoms with E-state index in [0.717, 1.165) is 34.8 Å². The van der Waals surface area contributed by atoms with E-state index in [9.17, 15) is 4.79 Å². The number of aromatic nitrogens is 2. The molecule has 1 heterocycles. The molecular formula is C23H28N2O2S. The van der Waals surface area contributed by atoms with E-state index in [-0.39, 0.29) is 16.4 Å². The molecule has 4 bridgehead atoms. The normalized spacial score (nSPS) is 31.9. The summed E-state index contributed by atoms with van der Waals surface area (Å²) in [6.45, 7) is 6.03. The van der Waals surface area contributed by atoms with E-state index in [4.69, 9.17) is 4.42 Å². The molecule has 5 heteroatoms. The minimum Gasteiger partial charge on any atom is -0.415 e. The van der Waals surface area contributed by atoms with E-state index in [1.165, 1.54) is 55.9 Å². The summed E-state index contributed by atoms with van der Waals surface area (Å²) in [4.78, 5) is 12.8. The first-order chi connectivity index (χ1) is 13.4. The lowest BCUT2D eigenvalue weighted by molar-refractivity contribution is -0.0191. The third-order valence-electron chi connectivity index (χ3n) is 7.34. The van der Waals surface area contributed by atoms with Crippen molar-refractivity contribution in [2.45, 2.75) is 75.2 Å². The second-order valence-corrected chi connectivity index (χ2v) is 10.8. The van der Waals surface area contributed by atoms with Crippen LogP contribution in [0.3, 0.4) is 0 Å². The molecule has 4 fully saturated rings. The molecule has 1 aromatic heterocycles. The van der Waals surface area contributed by atoms with Gasteiger partial charge in [0, 0.05) is 11.0 Å². The number of rotatable bonds is 5. The van der Waals surface area contributed by atoms with Crippen LogP contribution in [0.4, 0.5) is 0 Å². The fourth-order valence-electron chi connectivity index (χ4n) is 6.18. The van der Waals surface area contributed by atoms with Gasteiger partial charge in [-0.25, -0.2) is 0 Å². The second kappa shape index (κ2) is 6.72. The van der Waals surface area contributed by atoms with Gasteiger partial charge >= 0.3 is 0 Å². The van der Waals surface area contributed by atoms with Crippen molar-refractivity contribution < 1.29 is 9.21 Å². The van der Waals surface area contributed by atoms with Gasteiger partial charge in [-0.15, -0.1) is 10.2 Å². The fraction of sp³-hybridized carbons (Fsp3) is 0.609. The molecule has 4 aliphatic carbocycles. The van der Waals surface area contributed by atoms with Crippen LogP contribution in [0.1, 0.15) is 72.8 Å². The molecule has 6 rings (SSSR count). The Morgan fingerprint density at radius 2 is 1.71 bits per heavy atom. The number of benzene rings is 1. The molecule has 4 saturated carbocycles. The van der Waals surface area contributed by atoms with E-state index in [1.807, 2.05) is 32.0 Å². The van der Waals surface area contributed by atoms with Crippen LogP contribution in [0.25, 0.3) is 0 Å². The first-order valence-corrected chi connectivity index (χ1v) is 11.4. The number of hydrogen-bond donors (Lipinski definition) is 0. The summed E-state index contributed by atoms with van der Waals surface area (Å²) in [5.74, 6) is 3.49. The number of carbonyl (C=O) groups is 1. The zero-order chi connectivity index (χ0) is 19.5. The van der Waals surface area contributed by atoms with Crippen LogP contribution < -0.4 is 0 Å². The minimum atomic E-state index is -0.244. The average molecular weight is 397 g/mol. The third-order valence-corrected chi connectivity index (χ3v) is 8.27. The summed E-state index contributed by atoms with van der Waals surface area (Å²) >= 11 is 1.39. The SMILES string of the molecule is Cc1ccc(C(=O)[C@@H](C)Sc2nnc(C34CC5CC(CC(C5)C3)C4)o2)cc1C. The Morgan fingerprint density at radius 1 is 1.07 bits per heavy atom. The monoisotopic (exact) mass is 396 g/mol. The van der Waals surface area contributed by atoms with Gasteiger partial charge in [-0.2, -0.15) is 0 Å². The quantitative estimate of drug-likeness (QED) is 0.492. The van der Waals surface area contributed by atoms with Crippen LogP contribution in [0.2, 0.25) is 0 Å². The van der Waals surface area contributed by atoms with Crippen LogP contribution in [0.5, 0.6) is 0 Å². The van der Waals surface area contributed by atoms with Crippen LogP contribution in [0, 0.1) is 31.6 Å². The maximum atomic E-state index is 12.8. The number of ketones is 1. The molecule has 0 amide bonds. The predicted octanol–water partition coefficient (Wildman–Crippen LogP) is 5.52. The maximum absolute atomic E-state index is 12.8. The highest BCUT2D eigenvalue weighted by Crippen LogP contribution is 2.60. The van der Waals surface area contributed by atoms with Crippen LogP contribution in [-0.2, 0) is 5.41 Å². The van der Waals surface area contributed by atoms with Crippen molar-refractivity contribution in [2.75, 3.05) is 0 Å². The number of thioether (sulfide) groups is 1. The summed E-state index contributed by atoms with van der Waals surface area (Å²) in [6.07, 6.45) is 7.83. The number of Topliss-reactive ketones (excluding diaryl/α,β-unsaturated/α-hetero) is 1. The minimum absolute atomic E-state index is 0.113. The molecule has 4 aliphatic rings. The second-order valence-electron chi connectivity index (χ2n) is 9.49. The molecule has 0 saturated heterocycles. The summed E-state index contributed by atoms with van der Waals surface area (Å²) in [6, 6.07) is 5.90. The Bertz CT molecular complexity index is 884. The van der Waals surface area contributed by atoms with Crippen LogP contribution in [-0.4, -0.2) is 21.2 Å². The Morgan fingerprint density at radius 3 is 2.32 bits per heavy atom. The van der Waals surface area contributed by atoms with Gasteiger partial charge in [0.25, 0.3) is 5.22 Å². The van der Waals surface area contributed by atoms with Gasteiger partial charge in [0.2, 0.25) is 5.89 Å². The molecule has 1 atom stereocenters. The van der Waals surface area contributed by atoms with Crippen molar-refractivity contribution in [3.63, 3.8) is 0 Å². The summed E-state index contributed by atoms with van der Waals surface area (Å²) < 4.78 is 6.16. The van der Waals surface area contributed by atoms with E-state index in [0.29, 0.717) is 5.22 Å². The first kappa shape index (κ1) is 18.4. The number of nitrogens with zero attached hydrogens (tertiary/aromatic N) is 2. The molecule has 0 unspecified atom stereocenters. The predicted molar refractivity (Wildman–Crippen MR) is 110 cm³/mol. The molecule has 2 aromatic rings. The number of hydrogen-bond acceptors (Lipinski definition) is 5. The van der Waals surface area contributed by atoms with Crippen LogP contribution in [0.15, 0.2) is 27.8 Å². The maximum Gasteiger partial charge on any atom is 0.277 e. The largest absolute Gasteiger partial charge is 0.415 e. The smallest absolute Gasteiger partial charge is 0.277 e. The summed E-state index contributed by atoms with van der Waals surface area (Å²) in [5.41, 5.74) is 3.21. The lowest BCUT2D eigenvalue weighted by Crippen LogP contribution is -2.48. The highest BCUT2D eigenvalue weighted by molar-refractivity contribution is 8.00. The molecule has 148 valence electrons. The van der Waals surface area contributed by atoms with Crippen molar-refractivity contribution in [1.29, 1.82) is 0 Å². The van der Waals surface area contributed by atoms with E-state index < -0.39 is 0 Å². The molecule has 0 N–H and O–H groups in total. The lowest BCUT2D eigenvalue weighted by atomic mass is 9.49. The Hall–Kier alpha value is -1.62. The lowest BCUT2D eigenvalue weighted by Gasteiger charge is -2.55. The zero-order valence-corrected chi connectivity index (χ0v) is 17.7. The van der Waals surface area contributed by atoms with Gasteiger partial charge in [0.05, 0.1) is 5.25 Å². The standard InChI is InChI=1S/C23H28N2O2S/c1-13-4-5-19(6-14(13)2)20(26)15(3)28-22-25-24-21(27-22)23-10-16-7-17(11-23)9-18(8-16)12-23/h4-6,15-18H,7-12H2,1-3H3/t15-,16?,17?,18?,23?/m1/s1. The molecule has 0 aliphatic heterocycles. The van der Waals surface area contributed by atoms with Crippen molar-refractivity contribution in [2.24, 2.45) is 17.8 Å². The molecule has 0 radical (unpaired) electrons. The van der Waals surface area contributed by atoms with Crippen molar-refractivity contribution in [3.8, 4) is 0 Å². The van der Waals surface area contributed by atoms with E-state index in [2.05, 4.69) is 17.1 Å². The van der Waals surface area contributed by atoms with Crippen molar-refractivity contribution >= 4 is 17.5 Å². The van der Waals surface area contributed by atoms with Gasteiger partial charge in [0.15, 0.2) is 5.78 Å². The zero-order valence-electron chi connectivity index (χ0n) is 16.9. The number of aryl methyl sites for hydroxylation is 2. The Kier molecular flexibility index (Phi) is 4.42. The van der Waals surface area contributed by atoms with Gasteiger partial charge in [0.1, 0.15) is 0 Å². The van der Waals surface area contributed by atoms with Gasteiger partial charge in [-0.05, 0) is 94.2 Å². The molecular weight excluding hydrogens is 368 g/mol. The van der Waals surface area contributed by atoms with Gasteiger partial charge < -0.3 is 4.42 Å². The number of carbonyl (C=O) groups excluding carboxylic acids is 1. The Labute approximate surface area is 170 Å². The van der Waals surface area contributed by atoms with E-state index >= 15 is 0 Å². The Balaban J connectivity index is 1.31. The van der Waals surface area contributed by atoms with Crippen molar-refractivity contribution in [1.82, 2.24) is 10.2 Å². The van der Waals surface area contributed by atoms with Crippen LogP contribution >= 0.6 is 11.8 Å². The molecule has 28 heavy (non-hydrogen) atoms. The summed E-state index contributed by atoms with van der Waals surface area (Å²) in [7, 11) is 0. The molecule has 1 aromatic carbocycles. The fourth-order valence-corrected chi connectivity index (χ4v) is 6.94. The average Bonchev–Trinajstić information content (AvgIpc) is 3.11.